The Morgan fingerprint density at radius 3 is 2.46 bits per heavy atom. The van der Waals surface area contributed by atoms with E-state index in [2.05, 4.69) is 10.2 Å². The van der Waals surface area contributed by atoms with Gasteiger partial charge in [0.05, 0.1) is 15.6 Å². The van der Waals surface area contributed by atoms with E-state index in [1.165, 1.54) is 16.4 Å². The number of hydrogen-bond acceptors (Lipinski definition) is 4. The quantitative estimate of drug-likeness (QED) is 0.680. The van der Waals surface area contributed by atoms with E-state index >= 15 is 0 Å². The number of amides is 1. The number of para-hydroxylation sites is 1. The molecule has 3 aromatic rings. The van der Waals surface area contributed by atoms with E-state index in [-0.39, 0.29) is 47.0 Å². The predicted molar refractivity (Wildman–Crippen MR) is 107 cm³/mol. The summed E-state index contributed by atoms with van der Waals surface area (Å²) in [6, 6.07) is 11.9. The average molecular weight is 439 g/mol. The number of carbonyl (C=O) groups is 1. The molecule has 1 saturated heterocycles. The minimum Gasteiger partial charge on any atom is -0.335 e. The summed E-state index contributed by atoms with van der Waals surface area (Å²) in [4.78, 5) is 14.4. The van der Waals surface area contributed by atoms with Gasteiger partial charge in [0, 0.05) is 31.6 Å². The summed E-state index contributed by atoms with van der Waals surface area (Å²) >= 11 is 12.0. The molecular formula is C18H16Cl2N4O3S. The Bertz CT molecular complexity index is 1150. The van der Waals surface area contributed by atoms with Crippen LogP contribution in [0.15, 0.2) is 47.4 Å². The maximum Gasteiger partial charge on any atom is 0.275 e. The van der Waals surface area contributed by atoms with Crippen molar-refractivity contribution in [3.63, 3.8) is 0 Å². The van der Waals surface area contributed by atoms with Crippen molar-refractivity contribution in [2.75, 3.05) is 26.2 Å². The van der Waals surface area contributed by atoms with Gasteiger partial charge in [-0.2, -0.15) is 9.40 Å². The molecule has 7 nitrogen and oxygen atoms in total. The number of carbonyl (C=O) groups excluding carboxylic acids is 1. The van der Waals surface area contributed by atoms with Crippen molar-refractivity contribution in [3.8, 4) is 0 Å². The molecule has 1 aliphatic rings. The average Bonchev–Trinajstić information content (AvgIpc) is 3.13. The van der Waals surface area contributed by atoms with Crippen molar-refractivity contribution in [2.24, 2.45) is 0 Å². The number of rotatable bonds is 3. The monoisotopic (exact) mass is 438 g/mol. The van der Waals surface area contributed by atoms with E-state index in [0.29, 0.717) is 5.69 Å². The third-order valence-electron chi connectivity index (χ3n) is 4.73. The molecule has 0 bridgehead atoms. The van der Waals surface area contributed by atoms with Gasteiger partial charge in [0.15, 0.2) is 5.69 Å². The van der Waals surface area contributed by atoms with E-state index in [1.807, 2.05) is 24.3 Å². The van der Waals surface area contributed by atoms with Crippen LogP contribution in [0.4, 0.5) is 0 Å². The minimum atomic E-state index is -3.80. The van der Waals surface area contributed by atoms with Crippen LogP contribution >= 0.6 is 23.2 Å². The van der Waals surface area contributed by atoms with Gasteiger partial charge in [-0.3, -0.25) is 9.89 Å². The van der Waals surface area contributed by atoms with Crippen molar-refractivity contribution in [1.82, 2.24) is 19.4 Å². The summed E-state index contributed by atoms with van der Waals surface area (Å²) in [5.41, 5.74) is 1.12. The van der Waals surface area contributed by atoms with Crippen LogP contribution in [0.2, 0.25) is 10.0 Å². The Hall–Kier alpha value is -2.13. The molecule has 1 fully saturated rings. The molecule has 0 spiro atoms. The van der Waals surface area contributed by atoms with Gasteiger partial charge in [0.25, 0.3) is 5.91 Å². The molecule has 1 aliphatic heterocycles. The Balaban J connectivity index is 1.51. The number of piperazine rings is 1. The van der Waals surface area contributed by atoms with Gasteiger partial charge in [-0.15, -0.1) is 0 Å². The Morgan fingerprint density at radius 1 is 1.00 bits per heavy atom. The Morgan fingerprint density at radius 2 is 1.71 bits per heavy atom. The molecule has 0 radical (unpaired) electrons. The number of fused-ring (bicyclic) bond motifs is 1. The number of benzene rings is 2. The fourth-order valence-corrected chi connectivity index (χ4v) is 5.39. The number of H-pyrrole nitrogens is 1. The van der Waals surface area contributed by atoms with Gasteiger partial charge in [0.2, 0.25) is 10.0 Å². The first kappa shape index (κ1) is 19.2. The summed E-state index contributed by atoms with van der Waals surface area (Å²) in [7, 11) is -3.80. The molecule has 146 valence electrons. The Kier molecular flexibility index (Phi) is 5.05. The first-order valence-electron chi connectivity index (χ1n) is 8.56. The van der Waals surface area contributed by atoms with Gasteiger partial charge in [-0.25, -0.2) is 8.42 Å². The minimum absolute atomic E-state index is 0.00525. The van der Waals surface area contributed by atoms with Gasteiger partial charge in [0.1, 0.15) is 4.90 Å². The summed E-state index contributed by atoms with van der Waals surface area (Å²) in [5, 5.41) is 7.90. The molecule has 1 N–H and O–H groups in total. The van der Waals surface area contributed by atoms with Crippen molar-refractivity contribution in [2.45, 2.75) is 4.90 Å². The number of halogens is 2. The normalized spacial score (nSPS) is 15.9. The lowest BCUT2D eigenvalue weighted by Crippen LogP contribution is -2.50. The van der Waals surface area contributed by atoms with Gasteiger partial charge >= 0.3 is 0 Å². The molecule has 2 heterocycles. The highest BCUT2D eigenvalue weighted by atomic mass is 35.5. The van der Waals surface area contributed by atoms with Crippen LogP contribution in [0, 0.1) is 0 Å². The van der Waals surface area contributed by atoms with Crippen LogP contribution in [0.25, 0.3) is 10.9 Å². The topological polar surface area (TPSA) is 86.4 Å². The number of nitrogens with zero attached hydrogens (tertiary/aromatic N) is 3. The van der Waals surface area contributed by atoms with E-state index < -0.39 is 10.0 Å². The van der Waals surface area contributed by atoms with Crippen LogP contribution in [0.5, 0.6) is 0 Å². The second kappa shape index (κ2) is 7.36. The first-order valence-corrected chi connectivity index (χ1v) is 10.8. The fourth-order valence-electron chi connectivity index (χ4n) is 3.23. The number of nitrogens with one attached hydrogen (secondary N) is 1. The molecule has 4 rings (SSSR count). The molecule has 0 unspecified atom stereocenters. The smallest absolute Gasteiger partial charge is 0.275 e. The van der Waals surface area contributed by atoms with Gasteiger partial charge < -0.3 is 4.90 Å². The van der Waals surface area contributed by atoms with E-state index in [9.17, 15) is 13.2 Å². The molecular weight excluding hydrogens is 423 g/mol. The number of aromatic amines is 1. The van der Waals surface area contributed by atoms with Gasteiger partial charge in [-0.05, 0) is 18.2 Å². The predicted octanol–water partition coefficient (Wildman–Crippen LogP) is 3.02. The molecule has 1 amide bonds. The lowest BCUT2D eigenvalue weighted by Gasteiger charge is -2.33. The standard InChI is InChI=1S/C18H16Cl2N4O3S/c19-13-5-3-7-15(16(13)20)28(26,27)24-10-8-23(9-11-24)18(25)17-12-4-1-2-6-14(12)21-22-17/h1-7H,8-11H2,(H,21,22). The highest BCUT2D eigenvalue weighted by Gasteiger charge is 2.33. The highest BCUT2D eigenvalue weighted by molar-refractivity contribution is 7.89. The zero-order valence-electron chi connectivity index (χ0n) is 14.6. The maximum absolute atomic E-state index is 12.9. The molecule has 1 aromatic heterocycles. The SMILES string of the molecule is O=C(c1n[nH]c2ccccc12)N1CCN(S(=O)(=O)c2cccc(Cl)c2Cl)CC1. The fraction of sp³-hybridized carbons (Fsp3) is 0.222. The third-order valence-corrected chi connectivity index (χ3v) is 7.60. The van der Waals surface area contributed by atoms with Crippen molar-refractivity contribution >= 4 is 50.0 Å². The highest BCUT2D eigenvalue weighted by Crippen LogP contribution is 2.31. The summed E-state index contributed by atoms with van der Waals surface area (Å²) in [5.74, 6) is -0.227. The van der Waals surface area contributed by atoms with Gasteiger partial charge in [-0.1, -0.05) is 47.5 Å². The zero-order chi connectivity index (χ0) is 19.9. The van der Waals surface area contributed by atoms with Crippen molar-refractivity contribution < 1.29 is 13.2 Å². The lowest BCUT2D eigenvalue weighted by atomic mass is 10.2. The number of aromatic nitrogens is 2. The zero-order valence-corrected chi connectivity index (χ0v) is 16.9. The van der Waals surface area contributed by atoms with Crippen LogP contribution in [0.3, 0.4) is 0 Å². The van der Waals surface area contributed by atoms with Crippen molar-refractivity contribution in [1.29, 1.82) is 0 Å². The molecule has 2 aromatic carbocycles. The summed E-state index contributed by atoms with van der Waals surface area (Å²) < 4.78 is 27.1. The van der Waals surface area contributed by atoms with Crippen LogP contribution in [0.1, 0.15) is 10.5 Å². The molecule has 10 heteroatoms. The number of hydrogen-bond donors (Lipinski definition) is 1. The van der Waals surface area contributed by atoms with Crippen molar-refractivity contribution in [3.05, 3.63) is 58.2 Å². The lowest BCUT2D eigenvalue weighted by molar-refractivity contribution is 0.0694. The largest absolute Gasteiger partial charge is 0.335 e. The second-order valence-electron chi connectivity index (χ2n) is 6.37. The summed E-state index contributed by atoms with van der Waals surface area (Å²) in [6.45, 7) is 0.855. The third kappa shape index (κ3) is 3.26. The maximum atomic E-state index is 12.9. The first-order chi connectivity index (χ1) is 13.4. The Labute approximate surface area is 171 Å². The van der Waals surface area contributed by atoms with Crippen LogP contribution < -0.4 is 0 Å². The summed E-state index contributed by atoms with van der Waals surface area (Å²) in [6.07, 6.45) is 0. The van der Waals surface area contributed by atoms with E-state index in [0.717, 1.165) is 10.9 Å². The van der Waals surface area contributed by atoms with Crippen LogP contribution in [-0.4, -0.2) is 59.9 Å². The number of sulfonamides is 1. The molecule has 0 atom stereocenters. The van der Waals surface area contributed by atoms with E-state index in [1.54, 1.807) is 11.0 Å². The molecule has 28 heavy (non-hydrogen) atoms. The second-order valence-corrected chi connectivity index (χ2v) is 9.06. The van der Waals surface area contributed by atoms with E-state index in [4.69, 9.17) is 23.2 Å². The van der Waals surface area contributed by atoms with Crippen LogP contribution in [-0.2, 0) is 10.0 Å². The molecule has 0 aliphatic carbocycles. The molecule has 0 saturated carbocycles.